The number of carbonyl (C=O) groups is 1. The number of piperidine rings is 1. The summed E-state index contributed by atoms with van der Waals surface area (Å²) >= 11 is 0. The maximum absolute atomic E-state index is 13.8. The third kappa shape index (κ3) is 3.78. The number of likely N-dealkylation sites (tertiary alicyclic amines) is 1. The summed E-state index contributed by atoms with van der Waals surface area (Å²) in [6, 6.07) is 5.71. The highest BCUT2D eigenvalue weighted by Crippen LogP contribution is 2.57. The summed E-state index contributed by atoms with van der Waals surface area (Å²) in [5.41, 5.74) is 1.98. The minimum absolute atomic E-state index is 0.0255. The molecule has 34 heavy (non-hydrogen) atoms. The molecule has 4 atom stereocenters. The molecule has 1 saturated heterocycles. The van der Waals surface area contributed by atoms with Gasteiger partial charge in [-0.05, 0) is 67.6 Å². The van der Waals surface area contributed by atoms with Crippen LogP contribution >= 0.6 is 0 Å². The van der Waals surface area contributed by atoms with E-state index in [1.165, 1.54) is 5.56 Å². The van der Waals surface area contributed by atoms with Gasteiger partial charge in [-0.1, -0.05) is 52.2 Å². The highest BCUT2D eigenvalue weighted by molar-refractivity contribution is 7.90. The number of carbonyl (C=O) groups excluding carboxylic acids is 1. The second kappa shape index (κ2) is 8.51. The molecule has 1 aromatic carbocycles. The number of amides is 1. The molecule has 0 aromatic heterocycles. The Morgan fingerprint density at radius 3 is 2.56 bits per heavy atom. The topological polar surface area (TPSA) is 86.7 Å². The molecular weight excluding hydrogens is 448 g/mol. The van der Waals surface area contributed by atoms with Gasteiger partial charge in [0.05, 0.1) is 5.25 Å². The van der Waals surface area contributed by atoms with Gasteiger partial charge in [-0.3, -0.25) is 4.79 Å². The third-order valence-electron chi connectivity index (χ3n) is 10.0. The molecule has 1 unspecified atom stereocenters. The minimum Gasteiger partial charge on any atom is -0.508 e. The van der Waals surface area contributed by atoms with Crippen LogP contribution in [0, 0.1) is 11.3 Å². The Bertz CT molecular complexity index is 1060. The highest BCUT2D eigenvalue weighted by atomic mass is 32.2. The van der Waals surface area contributed by atoms with E-state index in [-0.39, 0.29) is 40.0 Å². The molecule has 3 aliphatic carbocycles. The molecule has 7 heteroatoms. The van der Waals surface area contributed by atoms with Crippen LogP contribution in [0.1, 0.15) is 89.7 Å². The molecule has 188 valence electrons. The maximum Gasteiger partial charge on any atom is 0.226 e. The van der Waals surface area contributed by atoms with Crippen LogP contribution in [0.5, 0.6) is 5.75 Å². The van der Waals surface area contributed by atoms with Crippen LogP contribution in [0.3, 0.4) is 0 Å². The van der Waals surface area contributed by atoms with Gasteiger partial charge in [-0.2, -0.15) is 0 Å². The summed E-state index contributed by atoms with van der Waals surface area (Å²) in [5.74, 6) is 0.361. The van der Waals surface area contributed by atoms with Crippen LogP contribution < -0.4 is 4.72 Å². The zero-order chi connectivity index (χ0) is 24.3. The van der Waals surface area contributed by atoms with E-state index < -0.39 is 10.0 Å². The van der Waals surface area contributed by atoms with Crippen LogP contribution in [0.4, 0.5) is 0 Å². The molecule has 6 nitrogen and oxygen atoms in total. The molecule has 0 radical (unpaired) electrons. The van der Waals surface area contributed by atoms with Gasteiger partial charge in [-0.25, -0.2) is 13.1 Å². The summed E-state index contributed by atoms with van der Waals surface area (Å²) in [6.45, 7) is 7.53. The van der Waals surface area contributed by atoms with E-state index in [2.05, 4.69) is 36.5 Å². The molecule has 1 heterocycles. The fraction of sp³-hybridized carbons (Fsp3) is 0.741. The first-order valence-corrected chi connectivity index (χ1v) is 14.7. The zero-order valence-electron chi connectivity index (χ0n) is 20.8. The Labute approximate surface area is 204 Å². The number of hydrogen-bond donors (Lipinski definition) is 2. The Kier molecular flexibility index (Phi) is 6.03. The van der Waals surface area contributed by atoms with Crippen LogP contribution in [-0.2, 0) is 26.7 Å². The van der Waals surface area contributed by atoms with E-state index >= 15 is 0 Å². The third-order valence-corrected chi connectivity index (χ3v) is 12.0. The van der Waals surface area contributed by atoms with E-state index in [0.29, 0.717) is 25.1 Å². The zero-order valence-corrected chi connectivity index (χ0v) is 21.7. The van der Waals surface area contributed by atoms with Crippen LogP contribution in [0.25, 0.3) is 0 Å². The summed E-state index contributed by atoms with van der Waals surface area (Å²) in [6.07, 6.45) is 8.19. The molecule has 2 saturated carbocycles. The van der Waals surface area contributed by atoms with Crippen molar-refractivity contribution in [2.75, 3.05) is 6.54 Å². The van der Waals surface area contributed by atoms with Crippen molar-refractivity contribution in [2.24, 2.45) is 11.3 Å². The highest BCUT2D eigenvalue weighted by Gasteiger charge is 2.57. The predicted octanol–water partition coefficient (Wildman–Crippen LogP) is 4.25. The first-order chi connectivity index (χ1) is 16.0. The van der Waals surface area contributed by atoms with Gasteiger partial charge >= 0.3 is 0 Å². The van der Waals surface area contributed by atoms with Gasteiger partial charge in [0, 0.05) is 30.0 Å². The lowest BCUT2D eigenvalue weighted by molar-refractivity contribution is -0.148. The van der Waals surface area contributed by atoms with Gasteiger partial charge in [0.25, 0.3) is 0 Å². The van der Waals surface area contributed by atoms with Crippen molar-refractivity contribution in [3.8, 4) is 5.75 Å². The number of nitrogens with one attached hydrogen (secondary N) is 1. The molecule has 5 rings (SSSR count). The van der Waals surface area contributed by atoms with E-state index in [0.717, 1.165) is 56.9 Å². The molecule has 2 N–H and O–H groups in total. The van der Waals surface area contributed by atoms with Crippen molar-refractivity contribution < 1.29 is 18.3 Å². The average molecular weight is 489 g/mol. The molecular formula is C27H40N2O4S. The lowest BCUT2D eigenvalue weighted by Gasteiger charge is -2.61. The standard InChI is InChI=1S/C27H40N2O4S/c1-26(2)24-17-21-22(10-7-11-23(21)30)27(26,3)14-15-29(24)25(31)18-12-13-19(16-18)28-34(32,33)20-8-5-4-6-9-20/h7,10-11,18-20,24,28,30H,4-6,8-9,12-17H2,1-3H3/t18-,19?,24-,27+/m1/s1. The number of phenols is 1. The Morgan fingerprint density at radius 1 is 1.09 bits per heavy atom. The number of benzene rings is 1. The monoisotopic (exact) mass is 488 g/mol. The van der Waals surface area contributed by atoms with Crippen molar-refractivity contribution in [1.29, 1.82) is 0 Å². The Morgan fingerprint density at radius 2 is 1.82 bits per heavy atom. The SMILES string of the molecule is CC1(C)[C@H]2Cc3c(O)cccc3[C@]1(C)CCN2C(=O)[C@@H]1CCC(NS(=O)(=O)C2CCCCC2)C1. The van der Waals surface area contributed by atoms with Crippen molar-refractivity contribution in [2.45, 2.75) is 108 Å². The summed E-state index contributed by atoms with van der Waals surface area (Å²) in [5, 5.41) is 10.3. The van der Waals surface area contributed by atoms with Crippen molar-refractivity contribution >= 4 is 15.9 Å². The fourth-order valence-electron chi connectivity index (χ4n) is 7.44. The smallest absolute Gasteiger partial charge is 0.226 e. The second-order valence-corrected chi connectivity index (χ2v) is 14.0. The maximum atomic E-state index is 13.8. The van der Waals surface area contributed by atoms with Crippen molar-refractivity contribution in [1.82, 2.24) is 9.62 Å². The predicted molar refractivity (Wildman–Crippen MR) is 133 cm³/mol. The summed E-state index contributed by atoms with van der Waals surface area (Å²) < 4.78 is 28.8. The quantitative estimate of drug-likeness (QED) is 0.663. The fourth-order valence-corrected chi connectivity index (χ4v) is 9.27. The Balaban J connectivity index is 1.31. The molecule has 4 aliphatic rings. The minimum atomic E-state index is -3.32. The number of phenolic OH excluding ortho intramolecular Hbond substituents is 1. The van der Waals surface area contributed by atoms with E-state index in [1.807, 2.05) is 6.07 Å². The molecule has 0 spiro atoms. The van der Waals surface area contributed by atoms with Crippen molar-refractivity contribution in [3.05, 3.63) is 29.3 Å². The number of sulfonamides is 1. The number of rotatable bonds is 4. The van der Waals surface area contributed by atoms with Gasteiger partial charge in [0.1, 0.15) is 5.75 Å². The molecule has 2 bridgehead atoms. The van der Waals surface area contributed by atoms with Crippen LogP contribution in [0.2, 0.25) is 0 Å². The summed E-state index contributed by atoms with van der Waals surface area (Å²) in [7, 11) is -3.32. The molecule has 1 aliphatic heterocycles. The van der Waals surface area contributed by atoms with Gasteiger partial charge in [0.2, 0.25) is 15.9 Å². The lowest BCUT2D eigenvalue weighted by Crippen LogP contribution is -2.65. The molecule has 3 fully saturated rings. The van der Waals surface area contributed by atoms with Gasteiger partial charge < -0.3 is 10.0 Å². The lowest BCUT2D eigenvalue weighted by atomic mass is 9.51. The van der Waals surface area contributed by atoms with Crippen molar-refractivity contribution in [3.63, 3.8) is 0 Å². The van der Waals surface area contributed by atoms with E-state index in [1.54, 1.807) is 6.07 Å². The number of hydrogen-bond acceptors (Lipinski definition) is 4. The normalized spacial score (nSPS) is 33.5. The number of fused-ring (bicyclic) bond motifs is 4. The number of aromatic hydroxyl groups is 1. The van der Waals surface area contributed by atoms with Crippen LogP contribution in [0.15, 0.2) is 18.2 Å². The summed E-state index contributed by atoms with van der Waals surface area (Å²) in [4.78, 5) is 15.9. The first-order valence-electron chi connectivity index (χ1n) is 13.2. The molecule has 1 amide bonds. The van der Waals surface area contributed by atoms with Gasteiger partial charge in [0.15, 0.2) is 0 Å². The molecule has 1 aromatic rings. The Hall–Kier alpha value is -1.60. The average Bonchev–Trinajstić information content (AvgIpc) is 3.25. The first kappa shape index (κ1) is 24.1. The number of nitrogens with zero attached hydrogens (tertiary/aromatic N) is 1. The largest absolute Gasteiger partial charge is 0.508 e. The van der Waals surface area contributed by atoms with Crippen LogP contribution in [-0.4, -0.2) is 48.2 Å². The van der Waals surface area contributed by atoms with Gasteiger partial charge in [-0.15, -0.1) is 0 Å². The van der Waals surface area contributed by atoms with E-state index in [9.17, 15) is 18.3 Å². The van der Waals surface area contributed by atoms with E-state index in [4.69, 9.17) is 0 Å². The second-order valence-electron chi connectivity index (χ2n) is 12.0.